The summed E-state index contributed by atoms with van der Waals surface area (Å²) >= 11 is 0. The minimum Gasteiger partial charge on any atom is -0.481 e. The molecule has 0 aliphatic carbocycles. The van der Waals surface area contributed by atoms with Crippen molar-refractivity contribution in [2.45, 2.75) is 233 Å². The predicted molar refractivity (Wildman–Crippen MR) is 196 cm³/mol. The van der Waals surface area contributed by atoms with E-state index in [0.29, 0.717) is 12.8 Å². The molecule has 0 aliphatic heterocycles. The quantitative estimate of drug-likeness (QED) is 0.0272. The van der Waals surface area contributed by atoms with Crippen LogP contribution in [0.4, 0.5) is 0 Å². The summed E-state index contributed by atoms with van der Waals surface area (Å²) in [6.07, 6.45) is 39.5. The van der Waals surface area contributed by atoms with Crippen molar-refractivity contribution in [1.82, 2.24) is 5.23 Å². The van der Waals surface area contributed by atoms with Gasteiger partial charge in [-0.05, 0) is 26.7 Å². The van der Waals surface area contributed by atoms with Crippen LogP contribution in [0.25, 0.3) is 0 Å². The number of ketones is 1. The molecule has 0 bridgehead atoms. The van der Waals surface area contributed by atoms with Crippen molar-refractivity contribution in [3.8, 4) is 0 Å². The van der Waals surface area contributed by atoms with Gasteiger partial charge in [-0.15, -0.1) is 0 Å². The molecule has 280 valence electrons. The molecular formula is C40H79NO6. The number of aliphatic carboxylic acids is 1. The van der Waals surface area contributed by atoms with Crippen molar-refractivity contribution in [3.05, 3.63) is 0 Å². The van der Waals surface area contributed by atoms with Gasteiger partial charge in [0.25, 0.3) is 5.91 Å². The van der Waals surface area contributed by atoms with Crippen molar-refractivity contribution in [2.24, 2.45) is 5.41 Å². The van der Waals surface area contributed by atoms with Crippen molar-refractivity contribution >= 4 is 17.7 Å². The lowest BCUT2D eigenvalue weighted by Crippen LogP contribution is -2.42. The molecule has 3 N–H and O–H groups in total. The molecule has 0 aromatic heterocycles. The second kappa shape index (κ2) is 35.8. The van der Waals surface area contributed by atoms with Gasteiger partial charge in [0.1, 0.15) is 11.2 Å². The standard InChI is InChI=1S/C22H43NO4.C18H36O2/c1-4-5-6-7-8-9-10-11-12-13-14-15-16-17-18-19-20(24)22(2,3)21(25)23(26)27;1-2-3-4-5-6-7-8-9-10-11-12-13-14-15-16-17-18(19)20/h26-27H,4-19H2,1-3H3;2-17H2,1H3,(H,19,20). The Balaban J connectivity index is 0. The van der Waals surface area contributed by atoms with E-state index in [0.717, 1.165) is 32.1 Å². The monoisotopic (exact) mass is 670 g/mol. The molecule has 7 nitrogen and oxygen atoms in total. The first-order valence-electron chi connectivity index (χ1n) is 20.1. The van der Waals surface area contributed by atoms with Crippen LogP contribution in [-0.2, 0) is 14.4 Å². The van der Waals surface area contributed by atoms with Crippen LogP contribution >= 0.6 is 0 Å². The number of Topliss-reactive ketones (excluding diaryl/α,β-unsaturated/α-hetero) is 1. The lowest BCUT2D eigenvalue weighted by molar-refractivity contribution is -0.290. The molecule has 0 fully saturated rings. The predicted octanol–water partition coefficient (Wildman–Crippen LogP) is 12.8. The number of carbonyl (C=O) groups excluding carboxylic acids is 2. The maximum absolute atomic E-state index is 12.1. The Morgan fingerprint density at radius 3 is 0.894 bits per heavy atom. The topological polar surface area (TPSA) is 115 Å². The van der Waals surface area contributed by atoms with Gasteiger partial charge in [-0.25, -0.2) is 0 Å². The molecule has 0 saturated carbocycles. The summed E-state index contributed by atoms with van der Waals surface area (Å²) in [6, 6.07) is 0. The Morgan fingerprint density at radius 2 is 0.660 bits per heavy atom. The number of nitrogens with zero attached hydrogens (tertiary/aromatic N) is 1. The third-order valence-electron chi connectivity index (χ3n) is 9.41. The number of hydrogen-bond donors (Lipinski definition) is 3. The first-order valence-corrected chi connectivity index (χ1v) is 20.1. The average molecular weight is 670 g/mol. The van der Waals surface area contributed by atoms with E-state index in [1.165, 1.54) is 174 Å². The van der Waals surface area contributed by atoms with Gasteiger partial charge >= 0.3 is 5.97 Å². The molecule has 0 heterocycles. The van der Waals surface area contributed by atoms with Gasteiger partial charge in [0.05, 0.1) is 0 Å². The summed E-state index contributed by atoms with van der Waals surface area (Å²) < 4.78 is 0. The molecule has 7 heteroatoms. The normalized spacial score (nSPS) is 11.3. The average Bonchev–Trinajstić information content (AvgIpc) is 3.04. The van der Waals surface area contributed by atoms with E-state index in [1.54, 1.807) is 0 Å². The molecular weight excluding hydrogens is 590 g/mol. The number of unbranched alkanes of at least 4 members (excludes halogenated alkanes) is 28. The fourth-order valence-corrected chi connectivity index (χ4v) is 5.99. The van der Waals surface area contributed by atoms with Crippen LogP contribution in [0, 0.1) is 5.41 Å². The molecule has 0 unspecified atom stereocenters. The number of rotatable bonds is 34. The number of amides is 1. The van der Waals surface area contributed by atoms with Crippen LogP contribution in [0.5, 0.6) is 0 Å². The number of carboxylic acids is 1. The number of hydrogen-bond acceptors (Lipinski definition) is 5. The SMILES string of the molecule is CCCCCCCCCCCCCCCCCC(=O)C(C)(C)C(=O)N(O)O.CCCCCCCCCCCCCCCCCC(=O)O. The maximum atomic E-state index is 12.1. The minimum absolute atomic E-state index is 0.240. The van der Waals surface area contributed by atoms with E-state index in [1.807, 2.05) is 0 Å². The summed E-state index contributed by atoms with van der Waals surface area (Å²) in [7, 11) is 0. The zero-order valence-corrected chi connectivity index (χ0v) is 31.6. The van der Waals surface area contributed by atoms with Gasteiger partial charge in [0, 0.05) is 12.8 Å². The van der Waals surface area contributed by atoms with E-state index in [2.05, 4.69) is 13.8 Å². The van der Waals surface area contributed by atoms with E-state index >= 15 is 0 Å². The highest BCUT2D eigenvalue weighted by Gasteiger charge is 2.38. The highest BCUT2D eigenvalue weighted by atomic mass is 16.8. The third kappa shape index (κ3) is 34.2. The van der Waals surface area contributed by atoms with Crippen LogP contribution in [-0.4, -0.2) is 38.4 Å². The van der Waals surface area contributed by atoms with Gasteiger partial charge in [0.15, 0.2) is 0 Å². The zero-order valence-electron chi connectivity index (χ0n) is 31.6. The molecule has 0 rings (SSSR count). The summed E-state index contributed by atoms with van der Waals surface area (Å²) in [6.45, 7) is 7.39. The molecule has 0 saturated heterocycles. The lowest BCUT2D eigenvalue weighted by Gasteiger charge is -2.22. The Hall–Kier alpha value is -1.47. The van der Waals surface area contributed by atoms with Gasteiger partial charge in [0.2, 0.25) is 0 Å². The second-order valence-corrected chi connectivity index (χ2v) is 14.4. The zero-order chi connectivity index (χ0) is 35.4. The van der Waals surface area contributed by atoms with E-state index in [9.17, 15) is 14.4 Å². The van der Waals surface area contributed by atoms with Gasteiger partial charge in [-0.3, -0.25) is 24.8 Å². The second-order valence-electron chi connectivity index (χ2n) is 14.4. The number of carboxylic acid groups (broad SMARTS) is 1. The number of carbonyl (C=O) groups is 3. The Bertz CT molecular complexity index is 709. The first kappa shape index (κ1) is 47.6. The van der Waals surface area contributed by atoms with Gasteiger partial charge < -0.3 is 5.11 Å². The Labute approximate surface area is 291 Å². The summed E-state index contributed by atoms with van der Waals surface area (Å²) in [5, 5.41) is 25.6. The molecule has 47 heavy (non-hydrogen) atoms. The van der Waals surface area contributed by atoms with Crippen molar-refractivity contribution < 1.29 is 29.9 Å². The highest BCUT2D eigenvalue weighted by molar-refractivity contribution is 6.04. The van der Waals surface area contributed by atoms with E-state index < -0.39 is 22.5 Å². The Morgan fingerprint density at radius 1 is 0.426 bits per heavy atom. The summed E-state index contributed by atoms with van der Waals surface area (Å²) in [4.78, 5) is 34.0. The third-order valence-corrected chi connectivity index (χ3v) is 9.41. The molecule has 0 radical (unpaired) electrons. The van der Waals surface area contributed by atoms with Gasteiger partial charge in [-0.1, -0.05) is 199 Å². The maximum Gasteiger partial charge on any atom is 0.303 e. The van der Waals surface area contributed by atoms with Crippen LogP contribution in [0.2, 0.25) is 0 Å². The van der Waals surface area contributed by atoms with Crippen molar-refractivity contribution in [1.29, 1.82) is 0 Å². The molecule has 1 amide bonds. The van der Waals surface area contributed by atoms with Gasteiger partial charge in [-0.2, -0.15) is 0 Å². The minimum atomic E-state index is -1.38. The van der Waals surface area contributed by atoms with Crippen LogP contribution in [0.3, 0.4) is 0 Å². The van der Waals surface area contributed by atoms with E-state index in [-0.39, 0.29) is 5.78 Å². The Kier molecular flexibility index (Phi) is 36.3. The largest absolute Gasteiger partial charge is 0.481 e. The lowest BCUT2D eigenvalue weighted by atomic mass is 9.84. The summed E-state index contributed by atoms with van der Waals surface area (Å²) in [5.74, 6) is -1.87. The van der Waals surface area contributed by atoms with Crippen molar-refractivity contribution in [2.75, 3.05) is 0 Å². The first-order chi connectivity index (χ1) is 22.6. The molecule has 0 spiro atoms. The van der Waals surface area contributed by atoms with Crippen LogP contribution in [0.15, 0.2) is 0 Å². The fourth-order valence-electron chi connectivity index (χ4n) is 5.99. The number of hydroxylamine groups is 2. The van der Waals surface area contributed by atoms with Crippen molar-refractivity contribution in [3.63, 3.8) is 0 Å². The van der Waals surface area contributed by atoms with Crippen LogP contribution in [0.1, 0.15) is 233 Å². The highest BCUT2D eigenvalue weighted by Crippen LogP contribution is 2.23. The fraction of sp³-hybridized carbons (Fsp3) is 0.925. The summed E-state index contributed by atoms with van der Waals surface area (Å²) in [5.41, 5.74) is -1.38. The van der Waals surface area contributed by atoms with E-state index in [4.69, 9.17) is 15.5 Å². The molecule has 0 aliphatic rings. The smallest absolute Gasteiger partial charge is 0.303 e. The molecule has 0 atom stereocenters. The molecule has 0 aromatic carbocycles. The molecule has 0 aromatic rings. The van der Waals surface area contributed by atoms with Crippen LogP contribution < -0.4 is 0 Å².